The number of nitrogens with zero attached hydrogens (tertiary/aromatic N) is 1. The number of hydrogen-bond donors (Lipinski definition) is 3. The molecule has 0 aliphatic heterocycles. The van der Waals surface area contributed by atoms with Crippen LogP contribution >= 0.6 is 0 Å². The van der Waals surface area contributed by atoms with E-state index in [1.165, 1.54) is 34.9 Å². The SMILES string of the molecule is Cc1cc2c(cc1Cc1ccc(C(=O)NCc3c(CO)cnc(C)c3O)o1)C(C)(C)CCC2(C)C. The number of pyridine rings is 1. The maximum absolute atomic E-state index is 12.7. The molecule has 4 rings (SSSR count). The van der Waals surface area contributed by atoms with Crippen molar-refractivity contribution in [3.8, 4) is 5.75 Å². The van der Waals surface area contributed by atoms with Crippen molar-refractivity contribution < 1.29 is 19.4 Å². The van der Waals surface area contributed by atoms with Gasteiger partial charge in [-0.15, -0.1) is 0 Å². The number of aliphatic hydroxyl groups is 1. The first-order chi connectivity index (χ1) is 16.4. The van der Waals surface area contributed by atoms with Gasteiger partial charge in [-0.25, -0.2) is 0 Å². The molecule has 0 radical (unpaired) electrons. The lowest BCUT2D eigenvalue weighted by Gasteiger charge is -2.42. The third kappa shape index (κ3) is 4.85. The smallest absolute Gasteiger partial charge is 0.287 e. The second kappa shape index (κ2) is 9.15. The van der Waals surface area contributed by atoms with E-state index in [1.807, 2.05) is 6.07 Å². The molecule has 0 saturated heterocycles. The zero-order chi connectivity index (χ0) is 25.5. The van der Waals surface area contributed by atoms with Crippen molar-refractivity contribution in [3.05, 3.63) is 81.1 Å². The molecule has 6 heteroatoms. The van der Waals surface area contributed by atoms with Gasteiger partial charge in [0.25, 0.3) is 5.91 Å². The van der Waals surface area contributed by atoms with Crippen molar-refractivity contribution in [1.82, 2.24) is 10.3 Å². The number of carbonyl (C=O) groups is 1. The van der Waals surface area contributed by atoms with Crippen molar-refractivity contribution in [3.63, 3.8) is 0 Å². The van der Waals surface area contributed by atoms with Crippen LogP contribution in [-0.4, -0.2) is 21.1 Å². The zero-order valence-corrected chi connectivity index (χ0v) is 21.6. The number of benzene rings is 1. The molecule has 0 unspecified atom stereocenters. The molecule has 0 spiro atoms. The molecule has 0 atom stereocenters. The average Bonchev–Trinajstić information content (AvgIpc) is 3.27. The first kappa shape index (κ1) is 25.0. The van der Waals surface area contributed by atoms with E-state index < -0.39 is 0 Å². The van der Waals surface area contributed by atoms with Gasteiger partial charge in [0.1, 0.15) is 11.5 Å². The van der Waals surface area contributed by atoms with Gasteiger partial charge in [0.05, 0.1) is 12.3 Å². The number of aliphatic hydroxyl groups excluding tert-OH is 1. The predicted molar refractivity (Wildman–Crippen MR) is 136 cm³/mol. The molecule has 6 nitrogen and oxygen atoms in total. The maximum Gasteiger partial charge on any atom is 0.287 e. The van der Waals surface area contributed by atoms with Gasteiger partial charge in [-0.1, -0.05) is 39.8 Å². The zero-order valence-electron chi connectivity index (χ0n) is 21.6. The summed E-state index contributed by atoms with van der Waals surface area (Å²) < 4.78 is 5.90. The van der Waals surface area contributed by atoms with Crippen molar-refractivity contribution >= 4 is 5.91 Å². The van der Waals surface area contributed by atoms with Gasteiger partial charge in [-0.2, -0.15) is 0 Å². The van der Waals surface area contributed by atoms with Crippen LogP contribution in [0.5, 0.6) is 5.75 Å². The fraction of sp³-hybridized carbons (Fsp3) is 0.448. The Labute approximate surface area is 207 Å². The predicted octanol–water partition coefficient (Wildman–Crippen LogP) is 5.36. The summed E-state index contributed by atoms with van der Waals surface area (Å²) in [4.78, 5) is 16.8. The molecular weight excluding hydrogens is 440 g/mol. The number of aromatic hydroxyl groups is 1. The molecule has 3 aromatic rings. The molecule has 1 amide bonds. The number of aromatic nitrogens is 1. The molecule has 1 aromatic carbocycles. The Bertz CT molecular complexity index is 1270. The Balaban J connectivity index is 1.51. The topological polar surface area (TPSA) is 95.6 Å². The van der Waals surface area contributed by atoms with Gasteiger partial charge in [0.2, 0.25) is 0 Å². The Morgan fingerprint density at radius 1 is 1.06 bits per heavy atom. The van der Waals surface area contributed by atoms with E-state index in [2.05, 4.69) is 57.1 Å². The standard InChI is InChI=1S/C29H36N2O4/c1-17-11-23-24(29(5,6)10-9-28(23,3)4)13-19(17)12-21-7-8-25(35-21)27(34)31-15-22-20(16-32)14-30-18(2)26(22)33/h7-8,11,13-14,32-33H,9-10,12,15-16H2,1-6H3,(H,31,34). The number of aryl methyl sites for hydroxylation is 2. The lowest BCUT2D eigenvalue weighted by atomic mass is 9.62. The number of carbonyl (C=O) groups excluding carboxylic acids is 1. The molecule has 2 heterocycles. The fourth-order valence-corrected chi connectivity index (χ4v) is 5.01. The Hall–Kier alpha value is -3.12. The van der Waals surface area contributed by atoms with E-state index in [-0.39, 0.29) is 41.4 Å². The van der Waals surface area contributed by atoms with Gasteiger partial charge in [0, 0.05) is 30.3 Å². The highest BCUT2D eigenvalue weighted by Gasteiger charge is 2.37. The van der Waals surface area contributed by atoms with Gasteiger partial charge >= 0.3 is 0 Å². The quantitative estimate of drug-likeness (QED) is 0.445. The van der Waals surface area contributed by atoms with E-state index in [0.29, 0.717) is 23.2 Å². The molecule has 0 fully saturated rings. The van der Waals surface area contributed by atoms with Crippen molar-refractivity contribution in [2.45, 2.75) is 84.8 Å². The van der Waals surface area contributed by atoms with Gasteiger partial charge in [-0.3, -0.25) is 9.78 Å². The molecule has 0 saturated carbocycles. The summed E-state index contributed by atoms with van der Waals surface area (Å²) in [6.07, 6.45) is 4.46. The fourth-order valence-electron chi connectivity index (χ4n) is 5.01. The summed E-state index contributed by atoms with van der Waals surface area (Å²) in [6.45, 7) is 12.9. The van der Waals surface area contributed by atoms with E-state index in [4.69, 9.17) is 4.42 Å². The maximum atomic E-state index is 12.7. The lowest BCUT2D eigenvalue weighted by molar-refractivity contribution is 0.0921. The first-order valence-electron chi connectivity index (χ1n) is 12.2. The van der Waals surface area contributed by atoms with Crippen LogP contribution in [0.1, 0.15) is 95.9 Å². The third-order valence-electron chi connectivity index (χ3n) is 7.59. The van der Waals surface area contributed by atoms with Crippen LogP contribution in [0.3, 0.4) is 0 Å². The average molecular weight is 477 g/mol. The van der Waals surface area contributed by atoms with Crippen LogP contribution in [0.2, 0.25) is 0 Å². The van der Waals surface area contributed by atoms with Gasteiger partial charge < -0.3 is 19.9 Å². The number of amides is 1. The Morgan fingerprint density at radius 2 is 1.71 bits per heavy atom. The monoisotopic (exact) mass is 476 g/mol. The van der Waals surface area contributed by atoms with E-state index in [0.717, 1.165) is 12.2 Å². The summed E-state index contributed by atoms with van der Waals surface area (Å²) >= 11 is 0. The highest BCUT2D eigenvalue weighted by molar-refractivity contribution is 5.91. The second-order valence-corrected chi connectivity index (χ2v) is 11.1. The molecular formula is C29H36N2O4. The van der Waals surface area contributed by atoms with Crippen molar-refractivity contribution in [1.29, 1.82) is 0 Å². The molecule has 2 aromatic heterocycles. The lowest BCUT2D eigenvalue weighted by Crippen LogP contribution is -2.34. The molecule has 186 valence electrons. The van der Waals surface area contributed by atoms with Crippen LogP contribution in [-0.2, 0) is 30.4 Å². The molecule has 35 heavy (non-hydrogen) atoms. The number of rotatable bonds is 6. The van der Waals surface area contributed by atoms with Gasteiger partial charge in [0.15, 0.2) is 5.76 Å². The van der Waals surface area contributed by atoms with E-state index in [1.54, 1.807) is 13.0 Å². The van der Waals surface area contributed by atoms with Crippen LogP contribution in [0.4, 0.5) is 0 Å². The first-order valence-corrected chi connectivity index (χ1v) is 12.2. The highest BCUT2D eigenvalue weighted by Crippen LogP contribution is 2.46. The summed E-state index contributed by atoms with van der Waals surface area (Å²) in [5.74, 6) is 0.544. The second-order valence-electron chi connectivity index (χ2n) is 11.1. The van der Waals surface area contributed by atoms with Crippen molar-refractivity contribution in [2.24, 2.45) is 0 Å². The Kier molecular flexibility index (Phi) is 6.54. The van der Waals surface area contributed by atoms with E-state index in [9.17, 15) is 15.0 Å². The molecule has 3 N–H and O–H groups in total. The number of nitrogens with one attached hydrogen (secondary N) is 1. The molecule has 1 aliphatic carbocycles. The number of furan rings is 1. The summed E-state index contributed by atoms with van der Waals surface area (Å²) in [6, 6.07) is 8.19. The molecule has 1 aliphatic rings. The van der Waals surface area contributed by atoms with E-state index >= 15 is 0 Å². The molecule has 0 bridgehead atoms. The third-order valence-corrected chi connectivity index (χ3v) is 7.59. The Morgan fingerprint density at radius 3 is 2.37 bits per heavy atom. The number of hydrogen-bond acceptors (Lipinski definition) is 5. The normalized spacial score (nSPS) is 16.1. The van der Waals surface area contributed by atoms with Crippen molar-refractivity contribution in [2.75, 3.05) is 0 Å². The van der Waals surface area contributed by atoms with Gasteiger partial charge in [-0.05, 0) is 71.9 Å². The van der Waals surface area contributed by atoms with Crippen LogP contribution in [0, 0.1) is 13.8 Å². The highest BCUT2D eigenvalue weighted by atomic mass is 16.3. The summed E-state index contributed by atoms with van der Waals surface area (Å²) in [7, 11) is 0. The van der Waals surface area contributed by atoms with Crippen LogP contribution in [0.25, 0.3) is 0 Å². The van der Waals surface area contributed by atoms with Crippen LogP contribution < -0.4 is 5.32 Å². The largest absolute Gasteiger partial charge is 0.506 e. The van der Waals surface area contributed by atoms with Crippen LogP contribution in [0.15, 0.2) is 34.9 Å². The summed E-state index contributed by atoms with van der Waals surface area (Å²) in [5, 5.41) is 22.6. The summed E-state index contributed by atoms with van der Waals surface area (Å²) in [5.41, 5.74) is 6.96. The minimum absolute atomic E-state index is 0.0222. The minimum Gasteiger partial charge on any atom is -0.506 e. The minimum atomic E-state index is -0.376. The number of fused-ring (bicyclic) bond motifs is 1.